The summed E-state index contributed by atoms with van der Waals surface area (Å²) in [6.07, 6.45) is -3.18. The summed E-state index contributed by atoms with van der Waals surface area (Å²) < 4.78 is 54.4. The van der Waals surface area contributed by atoms with Crippen LogP contribution in [0.15, 0.2) is 30.5 Å². The number of benzene rings is 1. The molecule has 0 aliphatic carbocycles. The smallest absolute Gasteiger partial charge is 0.330 e. The number of halogens is 5. The highest BCUT2D eigenvalue weighted by atomic mass is 35.5. The first-order valence-corrected chi connectivity index (χ1v) is 9.70. The molecule has 3 aromatic rings. The van der Waals surface area contributed by atoms with Gasteiger partial charge in [0.15, 0.2) is 5.82 Å². The molecule has 162 valence electrons. The quantitative estimate of drug-likeness (QED) is 0.534. The number of pyridine rings is 1. The molecule has 1 atom stereocenters. The average molecular weight is 454 g/mol. The SMILES string of the molecule is Cc1cc(-n2nnc3c2CCN(C(=O)c2cc(Cl)cc(C(F)(F)F)c2)[C@@H]3C)ncc1F. The van der Waals surface area contributed by atoms with E-state index in [4.69, 9.17) is 11.6 Å². The molecular weight excluding hydrogens is 438 g/mol. The number of hydrogen-bond acceptors (Lipinski definition) is 4. The summed E-state index contributed by atoms with van der Waals surface area (Å²) >= 11 is 5.82. The maximum absolute atomic E-state index is 13.5. The zero-order valence-corrected chi connectivity index (χ0v) is 17.2. The fourth-order valence-corrected chi connectivity index (χ4v) is 3.82. The molecular formula is C20H16ClF4N5O. The van der Waals surface area contributed by atoms with E-state index < -0.39 is 29.5 Å². The van der Waals surface area contributed by atoms with E-state index >= 15 is 0 Å². The van der Waals surface area contributed by atoms with Crippen molar-refractivity contribution in [3.63, 3.8) is 0 Å². The van der Waals surface area contributed by atoms with Gasteiger partial charge in [-0.3, -0.25) is 4.79 Å². The Labute approximate surface area is 179 Å². The Morgan fingerprint density at radius 1 is 1.23 bits per heavy atom. The fourth-order valence-electron chi connectivity index (χ4n) is 3.58. The first-order valence-electron chi connectivity index (χ1n) is 9.32. The lowest BCUT2D eigenvalue weighted by atomic mass is 10.0. The molecule has 6 nitrogen and oxygen atoms in total. The lowest BCUT2D eigenvalue weighted by molar-refractivity contribution is -0.137. The van der Waals surface area contributed by atoms with Crippen molar-refractivity contribution in [3.05, 3.63) is 69.4 Å². The van der Waals surface area contributed by atoms with E-state index in [-0.39, 0.29) is 17.1 Å². The first-order chi connectivity index (χ1) is 14.6. The maximum atomic E-state index is 13.5. The third-order valence-corrected chi connectivity index (χ3v) is 5.45. The summed E-state index contributed by atoms with van der Waals surface area (Å²) in [6, 6.07) is 3.78. The third kappa shape index (κ3) is 3.87. The fraction of sp³-hybridized carbons (Fsp3) is 0.300. The zero-order valence-electron chi connectivity index (χ0n) is 16.4. The van der Waals surface area contributed by atoms with Gasteiger partial charge in [-0.25, -0.2) is 9.37 Å². The minimum atomic E-state index is -4.62. The molecule has 11 heteroatoms. The van der Waals surface area contributed by atoms with Crippen LogP contribution in [0.5, 0.6) is 0 Å². The Hall–Kier alpha value is -3.01. The van der Waals surface area contributed by atoms with E-state index in [2.05, 4.69) is 15.3 Å². The predicted molar refractivity (Wildman–Crippen MR) is 103 cm³/mol. The van der Waals surface area contributed by atoms with Crippen molar-refractivity contribution in [1.82, 2.24) is 24.9 Å². The van der Waals surface area contributed by atoms with Crippen molar-refractivity contribution in [2.24, 2.45) is 0 Å². The van der Waals surface area contributed by atoms with Gasteiger partial charge in [-0.05, 0) is 43.7 Å². The molecule has 1 aromatic carbocycles. The Morgan fingerprint density at radius 2 is 1.97 bits per heavy atom. The number of rotatable bonds is 2. The molecule has 0 radical (unpaired) electrons. The molecule has 0 saturated carbocycles. The van der Waals surface area contributed by atoms with Crippen molar-refractivity contribution in [2.45, 2.75) is 32.5 Å². The van der Waals surface area contributed by atoms with Crippen LogP contribution in [-0.2, 0) is 12.6 Å². The molecule has 0 spiro atoms. The van der Waals surface area contributed by atoms with Crippen LogP contribution in [0.25, 0.3) is 5.82 Å². The number of hydrogen-bond donors (Lipinski definition) is 0. The highest BCUT2D eigenvalue weighted by molar-refractivity contribution is 6.31. The average Bonchev–Trinajstić information content (AvgIpc) is 3.14. The van der Waals surface area contributed by atoms with Gasteiger partial charge < -0.3 is 4.90 Å². The van der Waals surface area contributed by atoms with Crippen LogP contribution < -0.4 is 0 Å². The van der Waals surface area contributed by atoms with Crippen molar-refractivity contribution >= 4 is 17.5 Å². The van der Waals surface area contributed by atoms with E-state index in [0.29, 0.717) is 29.2 Å². The van der Waals surface area contributed by atoms with Gasteiger partial charge in [0.2, 0.25) is 0 Å². The zero-order chi connectivity index (χ0) is 22.5. The molecule has 4 rings (SSSR count). The van der Waals surface area contributed by atoms with Crippen LogP contribution in [0.1, 0.15) is 45.8 Å². The minimum absolute atomic E-state index is 0.154. The van der Waals surface area contributed by atoms with Crippen LogP contribution in [0.4, 0.5) is 17.6 Å². The van der Waals surface area contributed by atoms with Crippen molar-refractivity contribution in [3.8, 4) is 5.82 Å². The Kier molecular flexibility index (Phi) is 5.20. The van der Waals surface area contributed by atoms with Crippen molar-refractivity contribution in [1.29, 1.82) is 0 Å². The summed E-state index contributed by atoms with van der Waals surface area (Å²) in [7, 11) is 0. The van der Waals surface area contributed by atoms with Gasteiger partial charge in [0.05, 0.1) is 23.5 Å². The van der Waals surface area contributed by atoms with E-state index in [0.717, 1.165) is 18.3 Å². The highest BCUT2D eigenvalue weighted by Gasteiger charge is 2.35. The Bertz CT molecular complexity index is 1180. The first kappa shape index (κ1) is 21.2. The molecule has 0 bridgehead atoms. The lowest BCUT2D eigenvalue weighted by Gasteiger charge is -2.32. The van der Waals surface area contributed by atoms with Gasteiger partial charge in [0.25, 0.3) is 5.91 Å². The monoisotopic (exact) mass is 453 g/mol. The van der Waals surface area contributed by atoms with Gasteiger partial charge in [-0.1, -0.05) is 16.8 Å². The van der Waals surface area contributed by atoms with Crippen LogP contribution in [0.2, 0.25) is 5.02 Å². The maximum Gasteiger partial charge on any atom is 0.416 e. The minimum Gasteiger partial charge on any atom is -0.330 e. The van der Waals surface area contributed by atoms with Crippen LogP contribution in [0, 0.1) is 12.7 Å². The number of alkyl halides is 3. The number of carbonyl (C=O) groups excluding carboxylic acids is 1. The van der Waals surface area contributed by atoms with Gasteiger partial charge in [0, 0.05) is 23.6 Å². The topological polar surface area (TPSA) is 63.9 Å². The van der Waals surface area contributed by atoms with E-state index in [1.54, 1.807) is 13.8 Å². The number of amides is 1. The normalized spacial score (nSPS) is 16.4. The second-order valence-electron chi connectivity index (χ2n) is 7.28. The summed E-state index contributed by atoms with van der Waals surface area (Å²) in [4.78, 5) is 18.5. The summed E-state index contributed by atoms with van der Waals surface area (Å²) in [6.45, 7) is 3.55. The van der Waals surface area contributed by atoms with Gasteiger partial charge in [-0.15, -0.1) is 5.10 Å². The second kappa shape index (κ2) is 7.60. The molecule has 0 fully saturated rings. The standard InChI is InChI=1S/C20H16ClF4N5O/c1-10-5-17(26-9-15(10)22)30-16-3-4-29(11(2)18(16)27-28-30)19(31)12-6-13(20(23,24)25)8-14(21)7-12/h5-9,11H,3-4H2,1-2H3/t11-/m1/s1. The number of nitrogens with zero attached hydrogens (tertiary/aromatic N) is 5. The molecule has 1 aliphatic rings. The molecule has 3 heterocycles. The largest absolute Gasteiger partial charge is 0.416 e. The molecule has 0 N–H and O–H groups in total. The highest BCUT2D eigenvalue weighted by Crippen LogP contribution is 2.34. The lowest BCUT2D eigenvalue weighted by Crippen LogP contribution is -2.39. The number of carbonyl (C=O) groups is 1. The Balaban J connectivity index is 1.65. The summed E-state index contributed by atoms with van der Waals surface area (Å²) in [5.41, 5.74) is 0.464. The van der Waals surface area contributed by atoms with Gasteiger partial charge in [-0.2, -0.15) is 17.9 Å². The second-order valence-corrected chi connectivity index (χ2v) is 7.71. The molecule has 31 heavy (non-hydrogen) atoms. The molecule has 1 amide bonds. The Morgan fingerprint density at radius 3 is 2.65 bits per heavy atom. The van der Waals surface area contributed by atoms with Crippen molar-refractivity contribution in [2.75, 3.05) is 6.54 Å². The van der Waals surface area contributed by atoms with E-state index in [1.165, 1.54) is 21.7 Å². The number of fused-ring (bicyclic) bond motifs is 1. The summed E-state index contributed by atoms with van der Waals surface area (Å²) in [5.74, 6) is -0.636. The molecule has 0 saturated heterocycles. The van der Waals surface area contributed by atoms with Gasteiger partial charge >= 0.3 is 6.18 Å². The number of aryl methyl sites for hydroxylation is 1. The van der Waals surface area contributed by atoms with Crippen molar-refractivity contribution < 1.29 is 22.4 Å². The molecule has 2 aromatic heterocycles. The molecule has 0 unspecified atom stereocenters. The predicted octanol–water partition coefficient (Wildman–Crippen LogP) is 4.54. The van der Waals surface area contributed by atoms with E-state index in [9.17, 15) is 22.4 Å². The van der Waals surface area contributed by atoms with E-state index in [1.807, 2.05) is 0 Å². The van der Waals surface area contributed by atoms with Crippen LogP contribution in [-0.4, -0.2) is 37.3 Å². The third-order valence-electron chi connectivity index (χ3n) is 5.23. The molecule has 1 aliphatic heterocycles. The van der Waals surface area contributed by atoms with Crippen LogP contribution >= 0.6 is 11.6 Å². The van der Waals surface area contributed by atoms with Gasteiger partial charge in [0.1, 0.15) is 11.5 Å². The van der Waals surface area contributed by atoms with Crippen LogP contribution in [0.3, 0.4) is 0 Å². The number of aromatic nitrogens is 4. The summed E-state index contributed by atoms with van der Waals surface area (Å²) in [5, 5.41) is 8.06.